The summed E-state index contributed by atoms with van der Waals surface area (Å²) < 4.78 is 2.09. The minimum absolute atomic E-state index is 0.0510. The van der Waals surface area contributed by atoms with Crippen molar-refractivity contribution in [1.29, 1.82) is 0 Å². The summed E-state index contributed by atoms with van der Waals surface area (Å²) in [6, 6.07) is 17.3. The lowest BCUT2D eigenvalue weighted by atomic mass is 10.1. The number of carbonyl (C=O) groups is 1. The molecule has 30 heavy (non-hydrogen) atoms. The third-order valence-electron chi connectivity index (χ3n) is 4.55. The monoisotopic (exact) mass is 416 g/mol. The number of aryl methyl sites for hydroxylation is 2. The minimum atomic E-state index is -0.197. The lowest BCUT2D eigenvalue weighted by molar-refractivity contribution is -0.116. The molecule has 7 nitrogen and oxygen atoms in total. The Kier molecular flexibility index (Phi) is 5.49. The van der Waals surface area contributed by atoms with Crippen molar-refractivity contribution in [2.45, 2.75) is 20.4 Å². The van der Waals surface area contributed by atoms with E-state index in [0.717, 1.165) is 22.4 Å². The molecule has 0 saturated carbocycles. The van der Waals surface area contributed by atoms with Gasteiger partial charge in [0.2, 0.25) is 5.91 Å². The highest BCUT2D eigenvalue weighted by Crippen LogP contribution is 2.22. The molecule has 0 atom stereocenters. The molecule has 150 valence electrons. The predicted octanol–water partition coefficient (Wildman–Crippen LogP) is 4.32. The van der Waals surface area contributed by atoms with Gasteiger partial charge in [-0.3, -0.25) is 14.5 Å². The molecule has 0 radical (unpaired) electrons. The van der Waals surface area contributed by atoms with E-state index in [4.69, 9.17) is 12.2 Å². The van der Waals surface area contributed by atoms with Crippen LogP contribution in [0.5, 0.6) is 0 Å². The number of H-pyrrole nitrogens is 1. The van der Waals surface area contributed by atoms with Crippen LogP contribution in [0.15, 0.2) is 60.8 Å². The maximum absolute atomic E-state index is 12.7. The highest BCUT2D eigenvalue weighted by Gasteiger charge is 2.13. The second-order valence-corrected chi connectivity index (χ2v) is 7.31. The van der Waals surface area contributed by atoms with E-state index in [1.165, 1.54) is 0 Å². The van der Waals surface area contributed by atoms with Crippen LogP contribution in [-0.4, -0.2) is 30.6 Å². The number of carbonyl (C=O) groups excluding carboxylic acids is 1. The van der Waals surface area contributed by atoms with E-state index in [1.54, 1.807) is 10.8 Å². The van der Waals surface area contributed by atoms with Crippen molar-refractivity contribution in [2.24, 2.45) is 0 Å². The van der Waals surface area contributed by atoms with Crippen LogP contribution in [-0.2, 0) is 11.3 Å². The first-order valence-corrected chi connectivity index (χ1v) is 9.82. The molecule has 2 aromatic heterocycles. The van der Waals surface area contributed by atoms with Gasteiger partial charge in [-0.2, -0.15) is 5.10 Å². The fraction of sp³-hybridized carbons (Fsp3) is 0.136. The summed E-state index contributed by atoms with van der Waals surface area (Å²) >= 11 is 5.34. The lowest BCUT2D eigenvalue weighted by Crippen LogP contribution is -2.19. The average Bonchev–Trinajstić information content (AvgIpc) is 3.08. The zero-order valence-corrected chi connectivity index (χ0v) is 17.4. The van der Waals surface area contributed by atoms with Gasteiger partial charge in [0, 0.05) is 23.0 Å². The smallest absolute Gasteiger partial charge is 0.244 e. The SMILES string of the molecule is Cc1cccc(-c2n[nH]c(=S)n2CC(=O)Nc2cccc(-c3ccnc(C)n3)c2)c1. The molecule has 0 aliphatic heterocycles. The van der Waals surface area contributed by atoms with Crippen molar-refractivity contribution in [3.8, 4) is 22.6 Å². The van der Waals surface area contributed by atoms with Gasteiger partial charge in [0.15, 0.2) is 10.6 Å². The van der Waals surface area contributed by atoms with E-state index in [2.05, 4.69) is 25.5 Å². The van der Waals surface area contributed by atoms with Crippen molar-refractivity contribution in [3.63, 3.8) is 0 Å². The summed E-state index contributed by atoms with van der Waals surface area (Å²) in [5.74, 6) is 1.13. The van der Waals surface area contributed by atoms with Crippen LogP contribution >= 0.6 is 12.2 Å². The molecule has 0 unspecified atom stereocenters. The second kappa shape index (κ2) is 8.38. The quantitative estimate of drug-likeness (QED) is 0.473. The van der Waals surface area contributed by atoms with Gasteiger partial charge in [0.1, 0.15) is 12.4 Å². The van der Waals surface area contributed by atoms with E-state index in [9.17, 15) is 4.79 Å². The van der Waals surface area contributed by atoms with Gasteiger partial charge in [0.05, 0.1) is 5.69 Å². The third-order valence-corrected chi connectivity index (χ3v) is 4.87. The van der Waals surface area contributed by atoms with Crippen molar-refractivity contribution < 1.29 is 4.79 Å². The first kappa shape index (κ1) is 19.7. The number of hydrogen-bond acceptors (Lipinski definition) is 5. The number of rotatable bonds is 5. The molecule has 0 saturated heterocycles. The zero-order chi connectivity index (χ0) is 21.1. The molecule has 1 amide bonds. The molecule has 2 N–H and O–H groups in total. The molecule has 0 aliphatic rings. The largest absolute Gasteiger partial charge is 0.325 e. The zero-order valence-electron chi connectivity index (χ0n) is 16.6. The van der Waals surface area contributed by atoms with Crippen LogP contribution in [0, 0.1) is 18.6 Å². The van der Waals surface area contributed by atoms with Gasteiger partial charge < -0.3 is 5.32 Å². The highest BCUT2D eigenvalue weighted by atomic mass is 32.1. The van der Waals surface area contributed by atoms with E-state index < -0.39 is 0 Å². The van der Waals surface area contributed by atoms with Crippen LogP contribution in [0.4, 0.5) is 5.69 Å². The summed E-state index contributed by atoms with van der Waals surface area (Å²) in [6.07, 6.45) is 1.72. The van der Waals surface area contributed by atoms with Crippen molar-refractivity contribution >= 4 is 23.8 Å². The second-order valence-electron chi connectivity index (χ2n) is 6.93. The van der Waals surface area contributed by atoms with Crippen LogP contribution in [0.25, 0.3) is 22.6 Å². The Morgan fingerprint density at radius 3 is 2.70 bits per heavy atom. The predicted molar refractivity (Wildman–Crippen MR) is 118 cm³/mol. The first-order valence-electron chi connectivity index (χ1n) is 9.42. The molecule has 2 aromatic carbocycles. The maximum atomic E-state index is 12.7. The Hall–Kier alpha value is -3.65. The summed E-state index contributed by atoms with van der Waals surface area (Å²) in [7, 11) is 0. The Bertz CT molecular complexity index is 1280. The van der Waals surface area contributed by atoms with Gasteiger partial charge in [-0.05, 0) is 50.3 Å². The van der Waals surface area contributed by atoms with E-state index in [0.29, 0.717) is 22.1 Å². The third kappa shape index (κ3) is 4.33. The number of aromatic nitrogens is 5. The Balaban J connectivity index is 1.55. The van der Waals surface area contributed by atoms with Crippen LogP contribution < -0.4 is 5.32 Å². The molecule has 4 aromatic rings. The van der Waals surface area contributed by atoms with E-state index in [1.807, 2.05) is 68.4 Å². The van der Waals surface area contributed by atoms with Gasteiger partial charge in [-0.15, -0.1) is 0 Å². The molecule has 0 fully saturated rings. The van der Waals surface area contributed by atoms with Crippen LogP contribution in [0.3, 0.4) is 0 Å². The number of nitrogens with one attached hydrogen (secondary N) is 2. The highest BCUT2D eigenvalue weighted by molar-refractivity contribution is 7.71. The van der Waals surface area contributed by atoms with Crippen molar-refractivity contribution in [3.05, 3.63) is 77.0 Å². The van der Waals surface area contributed by atoms with Crippen LogP contribution in [0.1, 0.15) is 11.4 Å². The summed E-state index contributed by atoms with van der Waals surface area (Å²) in [4.78, 5) is 21.3. The molecule has 0 bridgehead atoms. The Morgan fingerprint density at radius 1 is 1.10 bits per heavy atom. The molecular formula is C22H20N6OS. The molecule has 8 heteroatoms. The molecular weight excluding hydrogens is 396 g/mol. The van der Waals surface area contributed by atoms with Crippen molar-refractivity contribution in [2.75, 3.05) is 5.32 Å². The number of benzene rings is 2. The van der Waals surface area contributed by atoms with Gasteiger partial charge >= 0.3 is 0 Å². The fourth-order valence-electron chi connectivity index (χ4n) is 3.19. The van der Waals surface area contributed by atoms with Gasteiger partial charge in [-0.1, -0.05) is 35.9 Å². The Morgan fingerprint density at radius 2 is 1.90 bits per heavy atom. The summed E-state index contributed by atoms with van der Waals surface area (Å²) in [5.41, 5.74) is 4.39. The Labute approximate surface area is 178 Å². The standard InChI is InChI=1S/C22H20N6OS/c1-14-5-3-7-17(11-14)21-26-27-22(30)28(21)13-20(29)25-18-8-4-6-16(12-18)19-9-10-23-15(2)24-19/h3-12H,13H2,1-2H3,(H,25,29)(H,27,30). The number of nitrogens with zero attached hydrogens (tertiary/aromatic N) is 4. The van der Waals surface area contributed by atoms with E-state index in [-0.39, 0.29) is 12.5 Å². The normalized spacial score (nSPS) is 10.7. The number of anilines is 1. The molecule has 0 aliphatic carbocycles. The van der Waals surface area contributed by atoms with Gasteiger partial charge in [0.25, 0.3) is 0 Å². The number of hydrogen-bond donors (Lipinski definition) is 2. The fourth-order valence-corrected chi connectivity index (χ4v) is 3.38. The van der Waals surface area contributed by atoms with Crippen molar-refractivity contribution in [1.82, 2.24) is 24.7 Å². The molecule has 0 spiro atoms. The van der Waals surface area contributed by atoms with Gasteiger partial charge in [-0.25, -0.2) is 9.97 Å². The number of amides is 1. The molecule has 2 heterocycles. The van der Waals surface area contributed by atoms with E-state index >= 15 is 0 Å². The topological polar surface area (TPSA) is 88.5 Å². The summed E-state index contributed by atoms with van der Waals surface area (Å²) in [6.45, 7) is 3.90. The number of aromatic amines is 1. The summed E-state index contributed by atoms with van der Waals surface area (Å²) in [5, 5.41) is 10.0. The lowest BCUT2D eigenvalue weighted by Gasteiger charge is -2.10. The molecule has 4 rings (SSSR count). The van der Waals surface area contributed by atoms with Crippen LogP contribution in [0.2, 0.25) is 0 Å². The minimum Gasteiger partial charge on any atom is -0.325 e. The first-order chi connectivity index (χ1) is 14.5. The maximum Gasteiger partial charge on any atom is 0.244 e. The average molecular weight is 417 g/mol.